The van der Waals surface area contributed by atoms with Crippen LogP contribution in [0.15, 0.2) is 15.8 Å². The van der Waals surface area contributed by atoms with Gasteiger partial charge >= 0.3 is 0 Å². The molecule has 0 fully saturated rings. The van der Waals surface area contributed by atoms with E-state index in [9.17, 15) is 0 Å². The highest BCUT2D eigenvalue weighted by Gasteiger charge is 2.16. The molecule has 0 spiro atoms. The predicted molar refractivity (Wildman–Crippen MR) is 38.8 cm³/mol. The molecule has 4 heteroatoms. The number of nitrogens with zero attached hydrogens (tertiary/aromatic N) is 3. The number of hydrogen-bond donors (Lipinski definition) is 0. The topological polar surface area (TPSA) is 41.6 Å². The van der Waals surface area contributed by atoms with Crippen molar-refractivity contribution < 1.29 is 4.42 Å². The third-order valence-electron chi connectivity index (χ3n) is 1.85. The van der Waals surface area contributed by atoms with Gasteiger partial charge in [0, 0.05) is 0 Å². The summed E-state index contributed by atoms with van der Waals surface area (Å²) in [5.74, 6) is 0. The summed E-state index contributed by atoms with van der Waals surface area (Å²) in [5.41, 5.74) is 1.81. The Balaban J connectivity index is 2.59. The molecule has 1 aromatic heterocycles. The summed E-state index contributed by atoms with van der Waals surface area (Å²) in [6, 6.07) is 0. The first-order valence-electron chi connectivity index (χ1n) is 3.38. The van der Waals surface area contributed by atoms with Gasteiger partial charge in [-0.05, 0) is 0 Å². The van der Waals surface area contributed by atoms with Gasteiger partial charge in [-0.15, -0.1) is 0 Å². The van der Waals surface area contributed by atoms with Crippen LogP contribution in [0, 0.1) is 0 Å². The quantitative estimate of drug-likeness (QED) is 0.466. The maximum Gasteiger partial charge on any atom is 0.182 e. The van der Waals surface area contributed by atoms with Crippen molar-refractivity contribution in [1.82, 2.24) is 9.88 Å². The molecule has 0 unspecified atom stereocenters. The number of fused-ring (bicyclic) bond motifs is 3. The molecule has 0 N–H and O–H groups in total. The summed E-state index contributed by atoms with van der Waals surface area (Å²) >= 11 is 0. The molecule has 0 radical (unpaired) electrons. The maximum absolute atomic E-state index is 5.13. The van der Waals surface area contributed by atoms with Gasteiger partial charge in [0.15, 0.2) is 11.8 Å². The zero-order valence-electron chi connectivity index (χ0n) is 5.69. The van der Waals surface area contributed by atoms with Crippen LogP contribution in [0.4, 0.5) is 0 Å². The highest BCUT2D eigenvalue weighted by atomic mass is 16.3. The molecule has 2 bridgehead atoms. The van der Waals surface area contributed by atoms with E-state index in [1.807, 2.05) is 11.1 Å². The Kier molecular flexibility index (Phi) is 0.711. The molecule has 4 nitrogen and oxygen atoms in total. The molecule has 3 heterocycles. The predicted octanol–water partition coefficient (Wildman–Crippen LogP) is -1.12. The zero-order chi connectivity index (χ0) is 7.26. The van der Waals surface area contributed by atoms with Crippen molar-refractivity contribution in [3.05, 3.63) is 17.2 Å². The van der Waals surface area contributed by atoms with Crippen molar-refractivity contribution >= 4 is 18.2 Å². The summed E-state index contributed by atoms with van der Waals surface area (Å²) in [6.07, 6.45) is 5.14. The number of aromatic nitrogens is 1. The molecule has 1 aromatic rings. The van der Waals surface area contributed by atoms with Gasteiger partial charge in [0.05, 0.1) is 24.8 Å². The van der Waals surface area contributed by atoms with Gasteiger partial charge in [0.2, 0.25) is 0 Å². The van der Waals surface area contributed by atoms with Crippen molar-refractivity contribution in [2.24, 2.45) is 4.99 Å². The van der Waals surface area contributed by atoms with E-state index in [0.717, 1.165) is 23.0 Å². The van der Waals surface area contributed by atoms with Crippen molar-refractivity contribution in [2.75, 3.05) is 6.54 Å². The second-order valence-electron chi connectivity index (χ2n) is 2.56. The van der Waals surface area contributed by atoms with E-state index in [4.69, 9.17) is 4.42 Å². The standard InChI is InChI=1S/C7H5N3O/c1-5-7-6(11-4-9-7)2-10(1)3-8-5/h2-4H,1H2. The van der Waals surface area contributed by atoms with E-state index < -0.39 is 0 Å². The average molecular weight is 147 g/mol. The molecule has 3 rings (SSSR count). The minimum absolute atomic E-state index is 0.809. The van der Waals surface area contributed by atoms with Crippen LogP contribution < -0.4 is 10.8 Å². The Bertz CT molecular complexity index is 442. The van der Waals surface area contributed by atoms with Gasteiger partial charge < -0.3 is 9.32 Å². The Morgan fingerprint density at radius 3 is 3.55 bits per heavy atom. The van der Waals surface area contributed by atoms with Crippen molar-refractivity contribution in [3.63, 3.8) is 0 Å². The van der Waals surface area contributed by atoms with E-state index in [0.29, 0.717) is 0 Å². The highest BCUT2D eigenvalue weighted by molar-refractivity contribution is 5.76. The molecule has 11 heavy (non-hydrogen) atoms. The SMILES string of the molecule is C1=NC2=c3ncoc3=CN1C2. The van der Waals surface area contributed by atoms with Crippen LogP contribution in [0.25, 0.3) is 11.9 Å². The van der Waals surface area contributed by atoms with E-state index >= 15 is 0 Å². The summed E-state index contributed by atoms with van der Waals surface area (Å²) in [6.45, 7) is 0.833. The van der Waals surface area contributed by atoms with Crippen LogP contribution in [0.1, 0.15) is 0 Å². The highest BCUT2D eigenvalue weighted by Crippen LogP contribution is 2.08. The van der Waals surface area contributed by atoms with Gasteiger partial charge in [0.1, 0.15) is 5.35 Å². The maximum atomic E-state index is 5.13. The van der Waals surface area contributed by atoms with Crippen LogP contribution >= 0.6 is 0 Å². The fraction of sp³-hybridized carbons (Fsp3) is 0.143. The Morgan fingerprint density at radius 2 is 2.55 bits per heavy atom. The number of oxazole rings is 1. The van der Waals surface area contributed by atoms with Crippen molar-refractivity contribution in [2.45, 2.75) is 0 Å². The lowest BCUT2D eigenvalue weighted by Crippen LogP contribution is -2.33. The first-order chi connectivity index (χ1) is 5.43. The monoisotopic (exact) mass is 147 g/mol. The van der Waals surface area contributed by atoms with Gasteiger partial charge in [-0.1, -0.05) is 0 Å². The molecule has 0 aromatic carbocycles. The van der Waals surface area contributed by atoms with Crippen LogP contribution in [0.5, 0.6) is 0 Å². The molecule has 0 saturated carbocycles. The summed E-state index contributed by atoms with van der Waals surface area (Å²) in [5, 5.41) is 0.884. The first-order valence-corrected chi connectivity index (χ1v) is 3.38. The Labute approximate surface area is 62.2 Å². The normalized spacial score (nSPS) is 18.5. The number of hydrogen-bond acceptors (Lipinski definition) is 4. The Hall–Kier alpha value is -1.58. The minimum atomic E-state index is 0.809. The lowest BCUT2D eigenvalue weighted by Gasteiger charge is -2.06. The third kappa shape index (κ3) is 0.537. The lowest BCUT2D eigenvalue weighted by atomic mass is 10.3. The fourth-order valence-corrected chi connectivity index (χ4v) is 1.33. The smallest absolute Gasteiger partial charge is 0.182 e. The third-order valence-corrected chi connectivity index (χ3v) is 1.85. The molecular weight excluding hydrogens is 142 g/mol. The lowest BCUT2D eigenvalue weighted by molar-refractivity contribution is 0.512. The molecule has 0 aliphatic carbocycles. The fourth-order valence-electron chi connectivity index (χ4n) is 1.33. The van der Waals surface area contributed by atoms with E-state index in [2.05, 4.69) is 9.98 Å². The molecule has 0 saturated heterocycles. The second-order valence-corrected chi connectivity index (χ2v) is 2.56. The van der Waals surface area contributed by atoms with Crippen molar-refractivity contribution in [3.8, 4) is 0 Å². The number of aliphatic imine (C=N–C) groups is 1. The molecule has 2 aliphatic rings. The number of rotatable bonds is 0. The first kappa shape index (κ1) is 5.12. The van der Waals surface area contributed by atoms with Gasteiger partial charge in [-0.2, -0.15) is 0 Å². The second kappa shape index (κ2) is 1.53. The minimum Gasteiger partial charge on any atom is -0.442 e. The molecule has 54 valence electrons. The molecular formula is C7H5N3O. The molecule has 0 amide bonds. The van der Waals surface area contributed by atoms with Gasteiger partial charge in [0.25, 0.3) is 0 Å². The summed E-state index contributed by atoms with van der Waals surface area (Å²) in [4.78, 5) is 10.2. The Morgan fingerprint density at radius 1 is 1.55 bits per heavy atom. The van der Waals surface area contributed by atoms with Gasteiger partial charge in [-0.3, -0.25) is 0 Å². The van der Waals surface area contributed by atoms with Crippen LogP contribution in [0.2, 0.25) is 0 Å². The van der Waals surface area contributed by atoms with Crippen LogP contribution in [-0.4, -0.2) is 22.8 Å². The van der Waals surface area contributed by atoms with Crippen LogP contribution in [-0.2, 0) is 0 Å². The van der Waals surface area contributed by atoms with E-state index in [-0.39, 0.29) is 0 Å². The van der Waals surface area contributed by atoms with Crippen LogP contribution in [0.3, 0.4) is 0 Å². The van der Waals surface area contributed by atoms with E-state index in [1.54, 1.807) is 6.34 Å². The zero-order valence-corrected chi connectivity index (χ0v) is 5.69. The average Bonchev–Trinajstić information content (AvgIpc) is 2.58. The molecule has 0 atom stereocenters. The summed E-state index contributed by atoms with van der Waals surface area (Å²) < 4.78 is 5.13. The molecule has 2 aliphatic heterocycles. The largest absolute Gasteiger partial charge is 0.442 e. The van der Waals surface area contributed by atoms with Crippen molar-refractivity contribution in [1.29, 1.82) is 0 Å². The van der Waals surface area contributed by atoms with E-state index in [1.165, 1.54) is 6.39 Å². The summed E-state index contributed by atoms with van der Waals surface area (Å²) in [7, 11) is 0. The van der Waals surface area contributed by atoms with Gasteiger partial charge in [-0.25, -0.2) is 9.98 Å².